The van der Waals surface area contributed by atoms with Crippen LogP contribution in [0.25, 0.3) is 0 Å². The summed E-state index contributed by atoms with van der Waals surface area (Å²) in [6.07, 6.45) is 1.06. The molecule has 0 saturated heterocycles. The van der Waals surface area contributed by atoms with Crippen LogP contribution in [0.2, 0.25) is 5.02 Å². The van der Waals surface area contributed by atoms with Crippen molar-refractivity contribution in [1.29, 1.82) is 0 Å². The first kappa shape index (κ1) is 23.7. The Bertz CT molecular complexity index is 942. The molecule has 1 heterocycles. The Balaban J connectivity index is 2.34. The molecular weight excluding hydrogens is 421 g/mol. The van der Waals surface area contributed by atoms with Gasteiger partial charge in [0.25, 0.3) is 11.8 Å². The molecule has 0 aliphatic rings. The van der Waals surface area contributed by atoms with E-state index in [0.29, 0.717) is 0 Å². The van der Waals surface area contributed by atoms with Crippen LogP contribution in [0.4, 0.5) is 18.9 Å². The van der Waals surface area contributed by atoms with E-state index in [0.717, 1.165) is 12.1 Å². The summed E-state index contributed by atoms with van der Waals surface area (Å²) in [4.78, 5) is 16.3. The summed E-state index contributed by atoms with van der Waals surface area (Å²) in [6, 6.07) is 6.24. The number of aromatic nitrogens is 1. The third-order valence-electron chi connectivity index (χ3n) is 4.46. The van der Waals surface area contributed by atoms with Crippen LogP contribution in [0.15, 0.2) is 48.8 Å². The lowest BCUT2D eigenvalue weighted by Crippen LogP contribution is -2.55. The molecule has 0 saturated carbocycles. The molecule has 0 unspecified atom stereocenters. The number of nitrogens with two attached hydrogens (primary N) is 2. The van der Waals surface area contributed by atoms with Crippen LogP contribution in [0.1, 0.15) is 29.4 Å². The molecule has 2 aromatic rings. The van der Waals surface area contributed by atoms with Crippen molar-refractivity contribution in [3.05, 3.63) is 70.9 Å². The van der Waals surface area contributed by atoms with Gasteiger partial charge in [-0.3, -0.25) is 4.79 Å². The zero-order valence-corrected chi connectivity index (χ0v) is 17.0. The van der Waals surface area contributed by atoms with Gasteiger partial charge >= 0.3 is 0 Å². The molecule has 1 aromatic carbocycles. The first-order valence-electron chi connectivity index (χ1n) is 8.91. The maximum absolute atomic E-state index is 14.9. The maximum atomic E-state index is 14.9. The number of benzene rings is 1. The normalized spacial score (nSPS) is 13.5. The Morgan fingerprint density at radius 1 is 1.37 bits per heavy atom. The fourth-order valence-electron chi connectivity index (χ4n) is 2.77. The minimum atomic E-state index is -3.65. The molecular formula is C20H22ClF3N4O2. The molecule has 1 aromatic heterocycles. The number of pyridine rings is 1. The third kappa shape index (κ3) is 5.10. The van der Waals surface area contributed by atoms with Crippen molar-refractivity contribution >= 4 is 23.2 Å². The molecule has 162 valence electrons. The lowest BCUT2D eigenvalue weighted by atomic mass is 9.81. The van der Waals surface area contributed by atoms with E-state index in [1.807, 2.05) is 0 Å². The second-order valence-corrected chi connectivity index (χ2v) is 7.07. The van der Waals surface area contributed by atoms with Gasteiger partial charge in [0.05, 0.1) is 11.6 Å². The Hall–Kier alpha value is -2.62. The highest BCUT2D eigenvalue weighted by Crippen LogP contribution is 2.40. The van der Waals surface area contributed by atoms with Crippen LogP contribution in [0.5, 0.6) is 0 Å². The average Bonchev–Trinajstić information content (AvgIpc) is 2.68. The molecule has 2 rings (SSSR count). The molecule has 0 aliphatic heterocycles. The average molecular weight is 443 g/mol. The third-order valence-corrected chi connectivity index (χ3v) is 4.76. The van der Waals surface area contributed by atoms with Crippen LogP contribution in [0.3, 0.4) is 0 Å². The minimum Gasteiger partial charge on any atom is -0.401 e. The van der Waals surface area contributed by atoms with Crippen LogP contribution < -0.4 is 16.8 Å². The highest BCUT2D eigenvalue weighted by Gasteiger charge is 2.52. The Morgan fingerprint density at radius 2 is 2.07 bits per heavy atom. The number of rotatable bonds is 9. The monoisotopic (exact) mass is 442 g/mol. The fraction of sp³-hybridized carbons (Fsp3) is 0.300. The van der Waals surface area contributed by atoms with E-state index in [-0.39, 0.29) is 35.1 Å². The first-order valence-corrected chi connectivity index (χ1v) is 9.29. The summed E-state index contributed by atoms with van der Waals surface area (Å²) in [7, 11) is 0. The van der Waals surface area contributed by atoms with Crippen molar-refractivity contribution in [2.45, 2.75) is 24.8 Å². The van der Waals surface area contributed by atoms with E-state index in [1.54, 1.807) is 6.07 Å². The van der Waals surface area contributed by atoms with E-state index in [9.17, 15) is 18.0 Å². The van der Waals surface area contributed by atoms with E-state index in [2.05, 4.69) is 16.9 Å². The zero-order valence-electron chi connectivity index (χ0n) is 16.2. The number of hydrogen-bond donors (Lipinski definition) is 3. The number of ether oxygens (including phenoxy) is 1. The summed E-state index contributed by atoms with van der Waals surface area (Å²) in [5, 5.41) is 2.56. The highest BCUT2D eigenvalue weighted by atomic mass is 35.5. The predicted octanol–water partition coefficient (Wildman–Crippen LogP) is 3.81. The van der Waals surface area contributed by atoms with E-state index in [4.69, 9.17) is 27.8 Å². The van der Waals surface area contributed by atoms with Gasteiger partial charge in [-0.1, -0.05) is 25.1 Å². The van der Waals surface area contributed by atoms with Crippen molar-refractivity contribution in [3.63, 3.8) is 0 Å². The van der Waals surface area contributed by atoms with Crippen molar-refractivity contribution in [1.82, 2.24) is 4.98 Å². The van der Waals surface area contributed by atoms with Gasteiger partial charge in [-0.05, 0) is 36.8 Å². The number of carbonyl (C=O) groups is 1. The van der Waals surface area contributed by atoms with Crippen LogP contribution >= 0.6 is 11.6 Å². The van der Waals surface area contributed by atoms with Gasteiger partial charge < -0.3 is 21.5 Å². The first-order chi connectivity index (χ1) is 14.0. The van der Waals surface area contributed by atoms with Crippen molar-refractivity contribution in [3.8, 4) is 0 Å². The zero-order chi connectivity index (χ0) is 22.5. The molecule has 1 atom stereocenters. The molecule has 30 heavy (non-hydrogen) atoms. The lowest BCUT2D eigenvalue weighted by molar-refractivity contribution is -0.131. The van der Waals surface area contributed by atoms with Gasteiger partial charge in [0.15, 0.2) is 0 Å². The summed E-state index contributed by atoms with van der Waals surface area (Å²) in [6.45, 7) is 3.38. The quantitative estimate of drug-likeness (QED) is 0.548. The number of carbonyl (C=O) groups excluding carboxylic acids is 1. The molecule has 0 fully saturated rings. The molecule has 5 N–H and O–H groups in total. The number of nitrogens with zero attached hydrogens (tertiary/aromatic N) is 1. The topological polar surface area (TPSA) is 103 Å². The summed E-state index contributed by atoms with van der Waals surface area (Å²) in [5.74, 6) is -5.28. The largest absolute Gasteiger partial charge is 0.401 e. The number of alkyl halides is 2. The van der Waals surface area contributed by atoms with Gasteiger partial charge in [-0.2, -0.15) is 0 Å². The molecule has 0 radical (unpaired) electrons. The SMILES string of the molecule is C=C(N)COCC(F)(F)[C@@](N)(CC)c1cc(NC(=O)c2ncccc2Cl)ccc1F. The molecule has 6 nitrogen and oxygen atoms in total. The second kappa shape index (κ2) is 9.46. The van der Waals surface area contributed by atoms with Crippen molar-refractivity contribution in [2.24, 2.45) is 11.5 Å². The minimum absolute atomic E-state index is 0.0495. The number of nitrogens with one attached hydrogen (secondary N) is 1. The number of anilines is 1. The fourth-order valence-corrected chi connectivity index (χ4v) is 2.98. The molecule has 10 heteroatoms. The van der Waals surface area contributed by atoms with Gasteiger partial charge in [-0.15, -0.1) is 0 Å². The summed E-state index contributed by atoms with van der Waals surface area (Å²) >= 11 is 5.94. The summed E-state index contributed by atoms with van der Waals surface area (Å²) in [5.41, 5.74) is 8.45. The van der Waals surface area contributed by atoms with Crippen LogP contribution in [-0.2, 0) is 10.3 Å². The number of amides is 1. The van der Waals surface area contributed by atoms with Gasteiger partial charge in [0.1, 0.15) is 23.7 Å². The Labute approximate surface area is 177 Å². The maximum Gasteiger partial charge on any atom is 0.292 e. The van der Waals surface area contributed by atoms with E-state index < -0.39 is 35.4 Å². The molecule has 1 amide bonds. The number of hydrogen-bond acceptors (Lipinski definition) is 5. The summed E-state index contributed by atoms with van der Waals surface area (Å²) < 4.78 is 49.2. The van der Waals surface area contributed by atoms with E-state index in [1.165, 1.54) is 25.3 Å². The van der Waals surface area contributed by atoms with Gasteiger partial charge in [0, 0.05) is 23.1 Å². The van der Waals surface area contributed by atoms with E-state index >= 15 is 0 Å². The highest BCUT2D eigenvalue weighted by molar-refractivity contribution is 6.34. The smallest absolute Gasteiger partial charge is 0.292 e. The number of halogens is 4. The van der Waals surface area contributed by atoms with Crippen molar-refractivity contribution < 1.29 is 22.7 Å². The molecule has 0 bridgehead atoms. The standard InChI is InChI=1S/C20H22ClF3N4O2/c1-3-19(26,20(23,24)11-30-10-12(2)25)14-9-13(6-7-16(14)22)28-18(29)17-15(21)5-4-8-27-17/h4-9H,2-3,10-11,25-26H2,1H3,(H,28,29)/t19-/m1/s1. The van der Waals surface area contributed by atoms with Crippen LogP contribution in [-0.4, -0.2) is 30.0 Å². The predicted molar refractivity (Wildman–Crippen MR) is 109 cm³/mol. The second-order valence-electron chi connectivity index (χ2n) is 6.66. The van der Waals surface area contributed by atoms with Gasteiger partial charge in [0.2, 0.25) is 0 Å². The Kier molecular flexibility index (Phi) is 7.46. The lowest BCUT2D eigenvalue weighted by Gasteiger charge is -2.37. The molecule has 0 spiro atoms. The van der Waals surface area contributed by atoms with Crippen LogP contribution in [0, 0.1) is 5.82 Å². The molecule has 0 aliphatic carbocycles. The van der Waals surface area contributed by atoms with Gasteiger partial charge in [-0.25, -0.2) is 18.2 Å². The Morgan fingerprint density at radius 3 is 2.67 bits per heavy atom. The van der Waals surface area contributed by atoms with Crippen molar-refractivity contribution in [2.75, 3.05) is 18.5 Å².